The maximum Gasteiger partial charge on any atom is 0.377 e. The average Bonchev–Trinajstić information content (AvgIpc) is 1.88. The highest BCUT2D eigenvalue weighted by Gasteiger charge is 2.22. The maximum absolute atomic E-state index is 10.5. The van der Waals surface area contributed by atoms with E-state index in [1.54, 1.807) is 0 Å². The van der Waals surface area contributed by atoms with Crippen molar-refractivity contribution in [2.45, 2.75) is 6.92 Å². The molecule has 0 saturated heterocycles. The minimum absolute atomic E-state index is 0.725. The molecule has 0 fully saturated rings. The zero-order chi connectivity index (χ0) is 9.02. The lowest BCUT2D eigenvalue weighted by atomic mass is 10.1. The van der Waals surface area contributed by atoms with Gasteiger partial charge < -0.3 is 10.2 Å². The number of aliphatic carboxylic acids is 2. The third kappa shape index (κ3) is 2.21. The van der Waals surface area contributed by atoms with Gasteiger partial charge in [0.25, 0.3) is 5.78 Å². The largest absolute Gasteiger partial charge is 0.478 e. The van der Waals surface area contributed by atoms with Gasteiger partial charge in [-0.3, -0.25) is 4.79 Å². The second-order valence-corrected chi connectivity index (χ2v) is 1.64. The van der Waals surface area contributed by atoms with E-state index in [1.807, 2.05) is 0 Å². The Labute approximate surface area is 61.9 Å². The van der Waals surface area contributed by atoms with Gasteiger partial charge >= 0.3 is 11.9 Å². The van der Waals surface area contributed by atoms with Gasteiger partial charge in [0, 0.05) is 0 Å². The van der Waals surface area contributed by atoms with Crippen LogP contribution < -0.4 is 0 Å². The number of carboxylic acids is 2. The van der Waals surface area contributed by atoms with E-state index in [0.29, 0.717) is 0 Å². The number of allylic oxidation sites excluding steroid dienone is 1. The summed E-state index contributed by atoms with van der Waals surface area (Å²) in [5.41, 5.74) is -0.725. The molecule has 0 aromatic rings. The first kappa shape index (κ1) is 9.35. The Hall–Kier alpha value is -1.65. The lowest BCUT2D eigenvalue weighted by Crippen LogP contribution is -2.20. The van der Waals surface area contributed by atoms with Crippen molar-refractivity contribution in [1.82, 2.24) is 0 Å². The smallest absolute Gasteiger partial charge is 0.377 e. The molecule has 11 heavy (non-hydrogen) atoms. The molecule has 0 aromatic carbocycles. The zero-order valence-corrected chi connectivity index (χ0v) is 5.70. The quantitative estimate of drug-likeness (QED) is 0.254. The van der Waals surface area contributed by atoms with Crippen LogP contribution in [0.5, 0.6) is 0 Å². The van der Waals surface area contributed by atoms with Crippen LogP contribution in [0.25, 0.3) is 0 Å². The lowest BCUT2D eigenvalue weighted by Gasteiger charge is -1.93. The lowest BCUT2D eigenvalue weighted by molar-refractivity contribution is -0.149. The van der Waals surface area contributed by atoms with Crippen LogP contribution in [0.3, 0.4) is 0 Å². The van der Waals surface area contributed by atoms with Gasteiger partial charge in [0.1, 0.15) is 5.57 Å². The molecule has 0 bridgehead atoms. The van der Waals surface area contributed by atoms with Crippen LogP contribution in [0.2, 0.25) is 0 Å². The number of hydrogen-bond acceptors (Lipinski definition) is 3. The summed E-state index contributed by atoms with van der Waals surface area (Å²) < 4.78 is 0. The van der Waals surface area contributed by atoms with E-state index < -0.39 is 23.3 Å². The predicted molar refractivity (Wildman–Crippen MR) is 34.0 cm³/mol. The topological polar surface area (TPSA) is 91.7 Å². The Morgan fingerprint density at radius 1 is 1.09 bits per heavy atom. The highest BCUT2D eigenvalue weighted by molar-refractivity contribution is 6.45. The summed E-state index contributed by atoms with van der Waals surface area (Å²) in [6.45, 7) is 1.28. The number of carbonyl (C=O) groups excluding carboxylic acids is 1. The highest BCUT2D eigenvalue weighted by Crippen LogP contribution is 1.96. The molecule has 2 N–H and O–H groups in total. The van der Waals surface area contributed by atoms with Gasteiger partial charge in [-0.1, -0.05) is 6.08 Å². The molecule has 0 unspecified atom stereocenters. The van der Waals surface area contributed by atoms with E-state index in [4.69, 9.17) is 10.2 Å². The molecule has 5 nitrogen and oxygen atoms in total. The van der Waals surface area contributed by atoms with Crippen molar-refractivity contribution in [3.05, 3.63) is 11.6 Å². The van der Waals surface area contributed by atoms with Crippen molar-refractivity contribution in [3.8, 4) is 0 Å². The van der Waals surface area contributed by atoms with Crippen molar-refractivity contribution in [1.29, 1.82) is 0 Å². The Kier molecular flexibility index (Phi) is 2.98. The number of ketones is 1. The Morgan fingerprint density at radius 3 is 1.64 bits per heavy atom. The van der Waals surface area contributed by atoms with E-state index in [1.165, 1.54) is 6.92 Å². The van der Waals surface area contributed by atoms with Crippen molar-refractivity contribution in [3.63, 3.8) is 0 Å². The Balaban J connectivity index is 4.69. The van der Waals surface area contributed by atoms with Gasteiger partial charge in [0.05, 0.1) is 0 Å². The van der Waals surface area contributed by atoms with E-state index in [9.17, 15) is 14.4 Å². The molecule has 0 aromatic heterocycles. The number of carboxylic acid groups (broad SMARTS) is 2. The van der Waals surface area contributed by atoms with Gasteiger partial charge in [-0.2, -0.15) is 0 Å². The van der Waals surface area contributed by atoms with Gasteiger partial charge in [-0.25, -0.2) is 9.59 Å². The van der Waals surface area contributed by atoms with Gasteiger partial charge in [-0.05, 0) is 6.92 Å². The molecule has 0 radical (unpaired) electrons. The minimum atomic E-state index is -1.76. The number of rotatable bonds is 3. The molecule has 0 saturated carbocycles. The summed E-state index contributed by atoms with van der Waals surface area (Å²) in [5, 5.41) is 16.3. The number of carbonyl (C=O) groups is 3. The first-order valence-corrected chi connectivity index (χ1v) is 2.68. The van der Waals surface area contributed by atoms with Crippen LogP contribution in [0.1, 0.15) is 6.92 Å². The summed E-state index contributed by atoms with van der Waals surface area (Å²) >= 11 is 0. The van der Waals surface area contributed by atoms with E-state index in [2.05, 4.69) is 0 Å². The average molecular weight is 158 g/mol. The van der Waals surface area contributed by atoms with E-state index in [-0.39, 0.29) is 0 Å². The van der Waals surface area contributed by atoms with Gasteiger partial charge in [0.2, 0.25) is 0 Å². The SMILES string of the molecule is C/C=C(/C(=O)O)C(=O)C(=O)O. The highest BCUT2D eigenvalue weighted by atomic mass is 16.4. The Morgan fingerprint density at radius 2 is 1.55 bits per heavy atom. The molecular formula is C6H6O5. The summed E-state index contributed by atoms with van der Waals surface area (Å²) in [4.78, 5) is 30.5. The summed E-state index contributed by atoms with van der Waals surface area (Å²) in [5.74, 6) is -4.69. The minimum Gasteiger partial charge on any atom is -0.478 e. The first-order chi connectivity index (χ1) is 5.00. The molecule has 0 amide bonds. The fraction of sp³-hybridized carbons (Fsp3) is 0.167. The molecule has 0 aliphatic rings. The summed E-state index contributed by atoms with van der Waals surface area (Å²) in [7, 11) is 0. The molecule has 0 aliphatic heterocycles. The van der Waals surface area contributed by atoms with Gasteiger partial charge in [-0.15, -0.1) is 0 Å². The molecule has 60 valence electrons. The fourth-order valence-corrected chi connectivity index (χ4v) is 0.467. The van der Waals surface area contributed by atoms with Gasteiger partial charge in [0.15, 0.2) is 0 Å². The van der Waals surface area contributed by atoms with Crippen LogP contribution in [-0.4, -0.2) is 27.9 Å². The molecule has 0 atom stereocenters. The van der Waals surface area contributed by atoms with Crippen LogP contribution >= 0.6 is 0 Å². The third-order valence-electron chi connectivity index (χ3n) is 0.958. The van der Waals surface area contributed by atoms with E-state index in [0.717, 1.165) is 6.08 Å². The molecule has 0 spiro atoms. The van der Waals surface area contributed by atoms with Crippen LogP contribution in [0.4, 0.5) is 0 Å². The molecular weight excluding hydrogens is 152 g/mol. The second kappa shape index (κ2) is 3.50. The molecule has 0 rings (SSSR count). The number of Topliss-reactive ketones (excluding diaryl/α,β-unsaturated/α-hetero) is 1. The predicted octanol–water partition coefficient (Wildman–Crippen LogP) is -0.329. The standard InChI is InChI=1S/C6H6O5/c1-2-3(5(8)9)4(7)6(10)11/h2H,1H3,(H,8,9)(H,10,11)/b3-2+. The maximum atomic E-state index is 10.5. The molecule has 5 heteroatoms. The van der Waals surface area contributed by atoms with Crippen LogP contribution in [0, 0.1) is 0 Å². The van der Waals surface area contributed by atoms with Crippen molar-refractivity contribution >= 4 is 17.7 Å². The van der Waals surface area contributed by atoms with E-state index >= 15 is 0 Å². The molecule has 0 heterocycles. The summed E-state index contributed by atoms with van der Waals surface area (Å²) in [6.07, 6.45) is 0.943. The second-order valence-electron chi connectivity index (χ2n) is 1.64. The number of hydrogen-bond donors (Lipinski definition) is 2. The van der Waals surface area contributed by atoms with Crippen LogP contribution in [0.15, 0.2) is 11.6 Å². The monoisotopic (exact) mass is 158 g/mol. The van der Waals surface area contributed by atoms with Crippen molar-refractivity contribution < 1.29 is 24.6 Å². The zero-order valence-electron chi connectivity index (χ0n) is 5.70. The van der Waals surface area contributed by atoms with Crippen LogP contribution in [-0.2, 0) is 14.4 Å². The first-order valence-electron chi connectivity index (χ1n) is 2.68. The van der Waals surface area contributed by atoms with Crippen molar-refractivity contribution in [2.75, 3.05) is 0 Å². The Bertz CT molecular complexity index is 237. The third-order valence-corrected chi connectivity index (χ3v) is 0.958. The summed E-state index contributed by atoms with van der Waals surface area (Å²) in [6, 6.07) is 0. The molecule has 0 aliphatic carbocycles. The van der Waals surface area contributed by atoms with Crippen molar-refractivity contribution in [2.24, 2.45) is 0 Å². The normalized spacial score (nSPS) is 10.8. The fourth-order valence-electron chi connectivity index (χ4n) is 0.467.